The second kappa shape index (κ2) is 9.17. The summed E-state index contributed by atoms with van der Waals surface area (Å²) in [6.45, 7) is 2.86. The van der Waals surface area contributed by atoms with Gasteiger partial charge in [0.15, 0.2) is 6.10 Å². The van der Waals surface area contributed by atoms with E-state index in [-0.39, 0.29) is 16.3 Å². The molecular formula is C24H22ClN3O5. The Hall–Kier alpha value is -3.49. The lowest BCUT2D eigenvalue weighted by atomic mass is 9.96. The zero-order valence-corrected chi connectivity index (χ0v) is 18.8. The molecular weight excluding hydrogens is 446 g/mol. The number of carboxylic acid groups (broad SMARTS) is 1. The molecule has 0 saturated heterocycles. The summed E-state index contributed by atoms with van der Waals surface area (Å²) in [7, 11) is 1.97. The van der Waals surface area contributed by atoms with Crippen molar-refractivity contribution in [3.63, 3.8) is 0 Å². The predicted molar refractivity (Wildman–Crippen MR) is 124 cm³/mol. The molecule has 1 aliphatic heterocycles. The van der Waals surface area contributed by atoms with Gasteiger partial charge in [-0.25, -0.2) is 9.59 Å². The minimum absolute atomic E-state index is 0.0549. The van der Waals surface area contributed by atoms with Crippen molar-refractivity contribution in [2.75, 3.05) is 18.9 Å². The number of aromatic carboxylic acids is 1. The minimum Gasteiger partial charge on any atom is -0.478 e. The number of ether oxygens (including phenoxy) is 1. The first-order chi connectivity index (χ1) is 15.7. The van der Waals surface area contributed by atoms with Crippen molar-refractivity contribution >= 4 is 46.0 Å². The fraction of sp³-hybridized carbons (Fsp3) is 0.250. The van der Waals surface area contributed by atoms with Gasteiger partial charge in [0.1, 0.15) is 0 Å². The number of carbonyl (C=O) groups excluding carboxylic acids is 2. The highest BCUT2D eigenvalue weighted by atomic mass is 35.5. The van der Waals surface area contributed by atoms with Gasteiger partial charge in [-0.1, -0.05) is 29.8 Å². The Morgan fingerprint density at radius 1 is 1.21 bits per heavy atom. The molecule has 1 amide bonds. The Balaban J connectivity index is 1.58. The van der Waals surface area contributed by atoms with Gasteiger partial charge in [-0.05, 0) is 38.2 Å². The van der Waals surface area contributed by atoms with Crippen LogP contribution in [0.4, 0.5) is 5.69 Å². The Morgan fingerprint density at radius 3 is 2.73 bits per heavy atom. The van der Waals surface area contributed by atoms with Crippen LogP contribution in [0, 0.1) is 0 Å². The maximum atomic E-state index is 13.2. The van der Waals surface area contributed by atoms with Crippen LogP contribution in [0.3, 0.4) is 0 Å². The standard InChI is InChI=1S/C24H22ClN3O5/c1-13(22(29)26-14-7-8-18(25)16(11-14)23(30)31)33-24(32)21-15-5-3-4-6-19(15)27-20-9-10-28(2)12-17(20)21/h3-8,11,13H,9-10,12H2,1-2H3,(H,26,29)(H,30,31). The second-order valence-electron chi connectivity index (χ2n) is 7.95. The Labute approximate surface area is 195 Å². The molecule has 0 saturated carbocycles. The molecule has 0 spiro atoms. The molecule has 1 aliphatic rings. The number of pyridine rings is 1. The fourth-order valence-corrected chi connectivity index (χ4v) is 4.04. The quantitative estimate of drug-likeness (QED) is 0.550. The zero-order valence-electron chi connectivity index (χ0n) is 18.1. The highest BCUT2D eigenvalue weighted by molar-refractivity contribution is 6.33. The smallest absolute Gasteiger partial charge is 0.339 e. The normalized spacial score (nSPS) is 14.4. The number of benzene rings is 2. The number of likely N-dealkylation sites (N-methyl/N-ethyl adjacent to an activating group) is 1. The minimum atomic E-state index is -1.21. The number of hydrogen-bond donors (Lipinski definition) is 2. The third-order valence-corrected chi connectivity index (χ3v) is 5.89. The van der Waals surface area contributed by atoms with Crippen LogP contribution in [-0.4, -0.2) is 52.5 Å². The first-order valence-electron chi connectivity index (χ1n) is 10.4. The van der Waals surface area contributed by atoms with Crippen molar-refractivity contribution in [2.45, 2.75) is 26.0 Å². The van der Waals surface area contributed by atoms with E-state index in [1.807, 2.05) is 31.3 Å². The summed E-state index contributed by atoms with van der Waals surface area (Å²) in [5.41, 5.74) is 2.88. The number of nitrogens with one attached hydrogen (secondary N) is 1. The number of nitrogens with zero attached hydrogens (tertiary/aromatic N) is 2. The van der Waals surface area contributed by atoms with Crippen molar-refractivity contribution in [3.8, 4) is 0 Å². The lowest BCUT2D eigenvalue weighted by molar-refractivity contribution is -0.123. The number of aromatic nitrogens is 1. The zero-order chi connectivity index (χ0) is 23.7. The summed E-state index contributed by atoms with van der Waals surface area (Å²) >= 11 is 5.87. The first-order valence-corrected chi connectivity index (χ1v) is 10.8. The number of carbonyl (C=O) groups is 3. The van der Waals surface area contributed by atoms with E-state index in [1.165, 1.54) is 25.1 Å². The van der Waals surface area contributed by atoms with Gasteiger partial charge in [-0.3, -0.25) is 9.78 Å². The number of para-hydroxylation sites is 1. The molecule has 3 aromatic rings. The molecule has 8 nitrogen and oxygen atoms in total. The highest BCUT2D eigenvalue weighted by Crippen LogP contribution is 2.29. The maximum absolute atomic E-state index is 13.2. The van der Waals surface area contributed by atoms with Crippen molar-refractivity contribution in [1.82, 2.24) is 9.88 Å². The number of fused-ring (bicyclic) bond motifs is 2. The van der Waals surface area contributed by atoms with E-state index < -0.39 is 23.9 Å². The number of esters is 1. The summed E-state index contributed by atoms with van der Waals surface area (Å²) < 4.78 is 5.54. The topological polar surface area (TPSA) is 109 Å². The molecule has 1 atom stereocenters. The summed E-state index contributed by atoms with van der Waals surface area (Å²) in [6.07, 6.45) is -0.402. The molecule has 0 radical (unpaired) electrons. The summed E-state index contributed by atoms with van der Waals surface area (Å²) in [6, 6.07) is 11.5. The van der Waals surface area contributed by atoms with E-state index in [0.29, 0.717) is 23.0 Å². The number of carboxylic acids is 1. The Bertz CT molecular complexity index is 1280. The van der Waals surface area contributed by atoms with Crippen molar-refractivity contribution < 1.29 is 24.2 Å². The largest absolute Gasteiger partial charge is 0.478 e. The number of amides is 1. The van der Waals surface area contributed by atoms with Crippen LogP contribution < -0.4 is 5.32 Å². The van der Waals surface area contributed by atoms with E-state index in [1.54, 1.807) is 0 Å². The summed E-state index contributed by atoms with van der Waals surface area (Å²) in [5, 5.41) is 12.5. The van der Waals surface area contributed by atoms with E-state index in [4.69, 9.17) is 21.3 Å². The van der Waals surface area contributed by atoms with Gasteiger partial charge in [0, 0.05) is 41.8 Å². The molecule has 33 heavy (non-hydrogen) atoms. The number of anilines is 1. The predicted octanol–water partition coefficient (Wildman–Crippen LogP) is 3.76. The van der Waals surface area contributed by atoms with Crippen molar-refractivity contribution in [1.29, 1.82) is 0 Å². The van der Waals surface area contributed by atoms with Crippen LogP contribution in [0.5, 0.6) is 0 Å². The molecule has 1 unspecified atom stereocenters. The van der Waals surface area contributed by atoms with E-state index in [9.17, 15) is 19.5 Å². The van der Waals surface area contributed by atoms with Crippen molar-refractivity contribution in [2.24, 2.45) is 0 Å². The number of rotatable bonds is 5. The van der Waals surface area contributed by atoms with Gasteiger partial charge in [-0.2, -0.15) is 0 Å². The molecule has 1 aromatic heterocycles. The van der Waals surface area contributed by atoms with Crippen molar-refractivity contribution in [3.05, 3.63) is 69.9 Å². The average Bonchev–Trinajstić information content (AvgIpc) is 2.78. The summed E-state index contributed by atoms with van der Waals surface area (Å²) in [5.74, 6) is -2.41. The van der Waals surface area contributed by atoms with Gasteiger partial charge in [0.2, 0.25) is 0 Å². The van der Waals surface area contributed by atoms with Gasteiger partial charge in [0.05, 0.1) is 21.7 Å². The molecule has 170 valence electrons. The molecule has 2 heterocycles. The first kappa shape index (κ1) is 22.7. The van der Waals surface area contributed by atoms with Crippen LogP contribution in [0.15, 0.2) is 42.5 Å². The van der Waals surface area contributed by atoms with Crippen LogP contribution in [0.2, 0.25) is 5.02 Å². The third kappa shape index (κ3) is 4.67. The van der Waals surface area contributed by atoms with Gasteiger partial charge < -0.3 is 20.1 Å². The monoisotopic (exact) mass is 467 g/mol. The van der Waals surface area contributed by atoms with Crippen LogP contribution >= 0.6 is 11.6 Å². The molecule has 2 aromatic carbocycles. The Kier molecular flexibility index (Phi) is 6.31. The van der Waals surface area contributed by atoms with E-state index in [0.717, 1.165) is 24.2 Å². The highest BCUT2D eigenvalue weighted by Gasteiger charge is 2.28. The van der Waals surface area contributed by atoms with E-state index in [2.05, 4.69) is 10.2 Å². The molecule has 9 heteroatoms. The van der Waals surface area contributed by atoms with Gasteiger partial charge in [-0.15, -0.1) is 0 Å². The number of halogens is 1. The maximum Gasteiger partial charge on any atom is 0.339 e. The number of hydrogen-bond acceptors (Lipinski definition) is 6. The Morgan fingerprint density at radius 2 is 1.97 bits per heavy atom. The van der Waals surface area contributed by atoms with Gasteiger partial charge in [0.25, 0.3) is 5.91 Å². The second-order valence-corrected chi connectivity index (χ2v) is 8.36. The molecule has 0 bridgehead atoms. The molecule has 0 fully saturated rings. The average molecular weight is 468 g/mol. The van der Waals surface area contributed by atoms with Crippen LogP contribution in [0.25, 0.3) is 10.9 Å². The lowest BCUT2D eigenvalue weighted by Crippen LogP contribution is -2.32. The molecule has 0 aliphatic carbocycles. The lowest BCUT2D eigenvalue weighted by Gasteiger charge is -2.27. The van der Waals surface area contributed by atoms with Crippen LogP contribution in [-0.2, 0) is 22.5 Å². The summed E-state index contributed by atoms with van der Waals surface area (Å²) in [4.78, 5) is 44.0. The molecule has 4 rings (SSSR count). The SMILES string of the molecule is CC(OC(=O)c1c2c(nc3ccccc13)CCN(C)C2)C(=O)Nc1ccc(Cl)c(C(=O)O)c1. The van der Waals surface area contributed by atoms with Crippen LogP contribution in [0.1, 0.15) is 38.9 Å². The molecule has 2 N–H and O–H groups in total. The van der Waals surface area contributed by atoms with Gasteiger partial charge >= 0.3 is 11.9 Å². The third-order valence-electron chi connectivity index (χ3n) is 5.56. The fourth-order valence-electron chi connectivity index (χ4n) is 3.84. The van der Waals surface area contributed by atoms with E-state index >= 15 is 0 Å².